The number of rotatable bonds is 5. The van der Waals surface area contributed by atoms with Crippen LogP contribution in [0.4, 0.5) is 8.78 Å². The summed E-state index contributed by atoms with van der Waals surface area (Å²) in [5.74, 6) is 0. The molecule has 4 nitrogen and oxygen atoms in total. The van der Waals surface area contributed by atoms with E-state index in [1.807, 2.05) is 0 Å². The van der Waals surface area contributed by atoms with Crippen molar-refractivity contribution in [3.63, 3.8) is 0 Å². The van der Waals surface area contributed by atoms with Crippen LogP contribution in [0.15, 0.2) is 16.8 Å². The molecule has 0 aromatic rings. The Morgan fingerprint density at radius 2 is 2.08 bits per heavy atom. The van der Waals surface area contributed by atoms with Gasteiger partial charge in [-0.2, -0.15) is 0 Å². The highest BCUT2D eigenvalue weighted by atomic mass is 19.3. The van der Waals surface area contributed by atoms with E-state index in [1.54, 1.807) is 0 Å². The van der Waals surface area contributed by atoms with E-state index in [0.29, 0.717) is 6.29 Å². The molecule has 0 atom stereocenters. The highest BCUT2D eigenvalue weighted by molar-refractivity contribution is 6.01. The normalized spacial score (nSPS) is 13.2. The van der Waals surface area contributed by atoms with Crippen LogP contribution >= 0.6 is 0 Å². The Hall–Kier alpha value is -1.59. The van der Waals surface area contributed by atoms with Crippen molar-refractivity contribution in [1.82, 2.24) is 0 Å². The van der Waals surface area contributed by atoms with Crippen LogP contribution in [-0.2, 0) is 9.59 Å². The summed E-state index contributed by atoms with van der Waals surface area (Å²) >= 11 is 0. The van der Waals surface area contributed by atoms with E-state index >= 15 is 0 Å². The largest absolute Gasteiger partial charge is 0.396 e. The number of halogens is 2. The van der Waals surface area contributed by atoms with Gasteiger partial charge in [-0.1, -0.05) is 0 Å². The highest BCUT2D eigenvalue weighted by Crippen LogP contribution is 1.99. The predicted molar refractivity (Wildman–Crippen MR) is 42.7 cm³/mol. The zero-order valence-electron chi connectivity index (χ0n) is 6.61. The van der Waals surface area contributed by atoms with Crippen molar-refractivity contribution in [3.05, 3.63) is 11.8 Å². The summed E-state index contributed by atoms with van der Waals surface area (Å²) in [5, 5.41) is 0. The molecule has 0 unspecified atom stereocenters. The van der Waals surface area contributed by atoms with E-state index in [1.165, 1.54) is 0 Å². The van der Waals surface area contributed by atoms with E-state index in [4.69, 9.17) is 5.73 Å². The quantitative estimate of drug-likeness (QED) is 0.374. The van der Waals surface area contributed by atoms with Crippen molar-refractivity contribution in [2.45, 2.75) is 6.43 Å². The molecule has 0 spiro atoms. The molecule has 2 N–H and O–H groups in total. The van der Waals surface area contributed by atoms with Crippen LogP contribution < -0.4 is 5.73 Å². The molecule has 0 fully saturated rings. The Balaban J connectivity index is 4.61. The van der Waals surface area contributed by atoms with Gasteiger partial charge in [0, 0.05) is 0 Å². The van der Waals surface area contributed by atoms with Gasteiger partial charge < -0.3 is 10.5 Å². The van der Waals surface area contributed by atoms with Crippen molar-refractivity contribution in [2.24, 2.45) is 10.7 Å². The predicted octanol–water partition coefficient (Wildman–Crippen LogP) is -0.0671. The molecule has 0 rings (SSSR count). The third kappa shape index (κ3) is 4.78. The van der Waals surface area contributed by atoms with Crippen molar-refractivity contribution in [3.8, 4) is 0 Å². The van der Waals surface area contributed by atoms with Gasteiger partial charge in [0.1, 0.15) is 12.0 Å². The number of carbonyl (C=O) groups excluding carboxylic acids is 2. The maximum atomic E-state index is 12.1. The fourth-order valence-electron chi connectivity index (χ4n) is 0.525. The van der Waals surface area contributed by atoms with Crippen LogP contribution in [-0.4, -0.2) is 31.3 Å². The maximum Gasteiger partial charge on any atom is 0.280 e. The van der Waals surface area contributed by atoms with Gasteiger partial charge in [0.15, 0.2) is 6.29 Å². The SMILES string of the molecule is N/C(C=O)=C\C(=NCC=O)C(F)F. The molecule has 0 radical (unpaired) electrons. The lowest BCUT2D eigenvalue weighted by Gasteiger charge is -1.98. The Bertz CT molecular complexity index is 249. The van der Waals surface area contributed by atoms with Gasteiger partial charge in [0.05, 0.1) is 12.2 Å². The average Bonchev–Trinajstić information content (AvgIpc) is 2.11. The van der Waals surface area contributed by atoms with Crippen molar-refractivity contribution < 1.29 is 18.4 Å². The molecule has 13 heavy (non-hydrogen) atoms. The number of hydrogen-bond acceptors (Lipinski definition) is 4. The Morgan fingerprint density at radius 3 is 2.46 bits per heavy atom. The van der Waals surface area contributed by atoms with E-state index in [9.17, 15) is 18.4 Å². The average molecular weight is 190 g/mol. The fraction of sp³-hybridized carbons (Fsp3) is 0.286. The third-order valence-electron chi connectivity index (χ3n) is 1.02. The number of allylic oxidation sites excluding steroid dienone is 2. The Kier molecular flexibility index (Phi) is 5.25. The van der Waals surface area contributed by atoms with Gasteiger partial charge in [0.2, 0.25) is 0 Å². The monoisotopic (exact) mass is 190 g/mol. The summed E-state index contributed by atoms with van der Waals surface area (Å²) in [6, 6.07) is 0. The molecule has 72 valence electrons. The molecule has 0 aromatic heterocycles. The molecule has 0 aliphatic rings. The molecule has 0 aromatic carbocycles. The Labute approximate surface area is 73.1 Å². The van der Waals surface area contributed by atoms with Gasteiger partial charge in [-0.25, -0.2) is 8.78 Å². The first-order valence-corrected chi connectivity index (χ1v) is 3.30. The van der Waals surface area contributed by atoms with E-state index in [2.05, 4.69) is 4.99 Å². The van der Waals surface area contributed by atoms with Gasteiger partial charge in [-0.05, 0) is 6.08 Å². The maximum absolute atomic E-state index is 12.1. The minimum absolute atomic E-state index is 0.221. The second-order valence-corrected chi connectivity index (χ2v) is 2.00. The summed E-state index contributed by atoms with van der Waals surface area (Å²) in [5.41, 5.74) is 3.95. The number of aliphatic imine (C=N–C) groups is 1. The summed E-state index contributed by atoms with van der Waals surface area (Å²) in [4.78, 5) is 23.0. The van der Waals surface area contributed by atoms with Crippen LogP contribution in [0.2, 0.25) is 0 Å². The lowest BCUT2D eigenvalue weighted by atomic mass is 10.3. The zero-order valence-corrected chi connectivity index (χ0v) is 6.61. The first-order chi connectivity index (χ1) is 6.11. The van der Waals surface area contributed by atoms with Crippen LogP contribution in [0.3, 0.4) is 0 Å². The fourth-order valence-corrected chi connectivity index (χ4v) is 0.525. The van der Waals surface area contributed by atoms with Crippen molar-refractivity contribution in [2.75, 3.05) is 6.54 Å². The van der Waals surface area contributed by atoms with Gasteiger partial charge >= 0.3 is 0 Å². The first kappa shape index (κ1) is 11.4. The molecule has 0 amide bonds. The van der Waals surface area contributed by atoms with Crippen LogP contribution in [0, 0.1) is 0 Å². The molecule has 0 saturated heterocycles. The molecule has 0 heterocycles. The number of nitrogens with zero attached hydrogens (tertiary/aromatic N) is 1. The molecular weight excluding hydrogens is 182 g/mol. The van der Waals surface area contributed by atoms with Crippen LogP contribution in [0.25, 0.3) is 0 Å². The summed E-state index contributed by atoms with van der Waals surface area (Å²) in [6.45, 7) is -0.373. The van der Waals surface area contributed by atoms with Gasteiger partial charge in [-0.15, -0.1) is 0 Å². The lowest BCUT2D eigenvalue weighted by Crippen LogP contribution is -2.12. The number of carbonyl (C=O) groups is 2. The summed E-state index contributed by atoms with van der Waals surface area (Å²) < 4.78 is 24.1. The van der Waals surface area contributed by atoms with E-state index in [-0.39, 0.29) is 18.5 Å². The zero-order chi connectivity index (χ0) is 10.3. The standard InChI is InChI=1S/C7H8F2N2O2/c8-7(9)6(11-1-2-12)3-5(10)4-13/h2-4,7H,1,10H2/b5-3-,11-6?. The van der Waals surface area contributed by atoms with Crippen LogP contribution in [0.1, 0.15) is 0 Å². The molecular formula is C7H8F2N2O2. The number of alkyl halides is 2. The van der Waals surface area contributed by atoms with Crippen molar-refractivity contribution in [1.29, 1.82) is 0 Å². The highest BCUT2D eigenvalue weighted by Gasteiger charge is 2.10. The Morgan fingerprint density at radius 1 is 1.46 bits per heavy atom. The summed E-state index contributed by atoms with van der Waals surface area (Å²) in [7, 11) is 0. The molecule has 0 bridgehead atoms. The van der Waals surface area contributed by atoms with Gasteiger partial charge in [0.25, 0.3) is 6.43 Å². The number of hydrogen-bond donors (Lipinski definition) is 1. The molecule has 6 heteroatoms. The lowest BCUT2D eigenvalue weighted by molar-refractivity contribution is -0.106. The first-order valence-electron chi connectivity index (χ1n) is 3.30. The minimum Gasteiger partial charge on any atom is -0.396 e. The van der Waals surface area contributed by atoms with E-state index in [0.717, 1.165) is 6.08 Å². The number of aldehydes is 2. The topological polar surface area (TPSA) is 72.5 Å². The smallest absolute Gasteiger partial charge is 0.280 e. The molecule has 0 aliphatic carbocycles. The van der Waals surface area contributed by atoms with E-state index < -0.39 is 12.1 Å². The second kappa shape index (κ2) is 5.99. The molecule has 0 aliphatic heterocycles. The summed E-state index contributed by atoms with van der Waals surface area (Å²) in [6.07, 6.45) is -1.52. The third-order valence-corrected chi connectivity index (χ3v) is 1.02. The van der Waals surface area contributed by atoms with Crippen molar-refractivity contribution >= 4 is 18.3 Å². The second-order valence-electron chi connectivity index (χ2n) is 2.00. The molecule has 0 saturated carbocycles. The van der Waals surface area contributed by atoms with Crippen LogP contribution in [0.5, 0.6) is 0 Å². The number of nitrogens with two attached hydrogens (primary N) is 1. The van der Waals surface area contributed by atoms with Gasteiger partial charge in [-0.3, -0.25) is 9.79 Å². The minimum atomic E-state index is -2.85.